The lowest BCUT2D eigenvalue weighted by Crippen LogP contribution is -2.55. The number of amides is 2. The number of benzene rings is 2. The molecule has 2 aromatic heterocycles. The third-order valence-electron chi connectivity index (χ3n) is 13.1. The Bertz CT molecular complexity index is 2250. The van der Waals surface area contributed by atoms with Crippen LogP contribution in [-0.4, -0.2) is 151 Å². The van der Waals surface area contributed by atoms with Gasteiger partial charge in [0.25, 0.3) is 5.91 Å². The number of ether oxygens (including phenoxy) is 1. The number of likely N-dealkylation sites (tertiary alicyclic amines) is 1. The molecule has 3 saturated heterocycles. The Morgan fingerprint density at radius 2 is 1.56 bits per heavy atom. The predicted octanol–water partition coefficient (Wildman–Crippen LogP) is 3.21. The van der Waals surface area contributed by atoms with Crippen molar-refractivity contribution in [1.82, 2.24) is 44.4 Å². The van der Waals surface area contributed by atoms with E-state index in [-0.39, 0.29) is 40.7 Å². The standard InChI is InChI=1S/C45H57N11O5/c1-29(2)36-20-37(40(58)21-39(36)57)44(60)56-25-31-4-3-30(19-32(31)26-56)24-51-8-5-34(6-9-51)53-11-13-54(14-12-53)41(59)28-52-10-7-35-38(27-52)49-42(33-22-47-45(46)48-23-33)50-43(35)55-15-17-61-18-16-55/h3-4,19-23,29,34,57-58H,5-18,24-28H2,1-2H3,(H2,46,47,48). The number of nitrogens with two attached hydrogens (primary N) is 1. The number of piperazine rings is 1. The predicted molar refractivity (Wildman–Crippen MR) is 230 cm³/mol. The van der Waals surface area contributed by atoms with Crippen molar-refractivity contribution in [3.05, 3.63) is 81.8 Å². The van der Waals surface area contributed by atoms with E-state index in [0.29, 0.717) is 62.4 Å². The number of aromatic hydroxyl groups is 2. The second-order valence-electron chi connectivity index (χ2n) is 17.5. The van der Waals surface area contributed by atoms with Crippen LogP contribution in [0.15, 0.2) is 42.7 Å². The number of carbonyl (C=O) groups is 2. The van der Waals surface area contributed by atoms with E-state index in [9.17, 15) is 19.8 Å². The molecule has 16 nitrogen and oxygen atoms in total. The Kier molecular flexibility index (Phi) is 11.8. The largest absolute Gasteiger partial charge is 0.508 e. The van der Waals surface area contributed by atoms with Gasteiger partial charge in [0.1, 0.15) is 17.3 Å². The topological polar surface area (TPSA) is 181 Å². The van der Waals surface area contributed by atoms with Crippen molar-refractivity contribution in [3.63, 3.8) is 0 Å². The molecule has 0 spiro atoms. The van der Waals surface area contributed by atoms with Crippen LogP contribution in [0.2, 0.25) is 0 Å². The molecule has 5 aliphatic rings. The number of piperidine rings is 1. The number of fused-ring (bicyclic) bond motifs is 2. The number of nitrogens with zero attached hydrogens (tertiary/aromatic N) is 10. The van der Waals surface area contributed by atoms with Crippen molar-refractivity contribution >= 4 is 23.6 Å². The second kappa shape index (κ2) is 17.5. The molecule has 16 heteroatoms. The molecule has 4 N–H and O–H groups in total. The average Bonchev–Trinajstić information content (AvgIpc) is 3.70. The summed E-state index contributed by atoms with van der Waals surface area (Å²) in [6, 6.07) is 9.96. The maximum absolute atomic E-state index is 13.7. The van der Waals surface area contributed by atoms with Crippen LogP contribution in [0, 0.1) is 0 Å². The lowest BCUT2D eigenvalue weighted by Gasteiger charge is -2.43. The molecule has 2 aromatic carbocycles. The van der Waals surface area contributed by atoms with Gasteiger partial charge in [-0.3, -0.25) is 24.3 Å². The molecule has 2 amide bonds. The first kappa shape index (κ1) is 41.0. The van der Waals surface area contributed by atoms with Crippen LogP contribution in [0.1, 0.15) is 76.5 Å². The van der Waals surface area contributed by atoms with Crippen LogP contribution in [0.5, 0.6) is 11.5 Å². The molecular weight excluding hydrogens is 775 g/mol. The zero-order valence-corrected chi connectivity index (χ0v) is 35.3. The molecule has 0 aliphatic carbocycles. The number of hydrogen-bond acceptors (Lipinski definition) is 14. The molecule has 7 heterocycles. The van der Waals surface area contributed by atoms with Gasteiger partial charge in [0, 0.05) is 102 Å². The van der Waals surface area contributed by atoms with Crippen LogP contribution in [0.4, 0.5) is 11.8 Å². The van der Waals surface area contributed by atoms with Crippen LogP contribution < -0.4 is 10.6 Å². The molecule has 0 saturated carbocycles. The number of rotatable bonds is 9. The minimum Gasteiger partial charge on any atom is -0.508 e. The fraction of sp³-hybridized carbons (Fsp3) is 0.511. The van der Waals surface area contributed by atoms with Gasteiger partial charge in [0.2, 0.25) is 11.9 Å². The zero-order chi connectivity index (χ0) is 42.2. The first-order chi connectivity index (χ1) is 29.6. The van der Waals surface area contributed by atoms with Gasteiger partial charge in [-0.25, -0.2) is 19.9 Å². The fourth-order valence-corrected chi connectivity index (χ4v) is 9.64. The molecule has 3 fully saturated rings. The van der Waals surface area contributed by atoms with Gasteiger partial charge >= 0.3 is 0 Å². The van der Waals surface area contributed by atoms with E-state index < -0.39 is 0 Å². The van der Waals surface area contributed by atoms with E-state index in [0.717, 1.165) is 113 Å². The molecule has 4 aromatic rings. The Balaban J connectivity index is 0.745. The molecule has 0 unspecified atom stereocenters. The van der Waals surface area contributed by atoms with Crippen molar-refractivity contribution in [1.29, 1.82) is 0 Å². The molecule has 9 rings (SSSR count). The van der Waals surface area contributed by atoms with Crippen LogP contribution in [-0.2, 0) is 42.1 Å². The maximum atomic E-state index is 13.7. The molecule has 0 bridgehead atoms. The van der Waals surface area contributed by atoms with Gasteiger partial charge < -0.3 is 35.4 Å². The number of phenolic OH excluding ortho intramolecular Hbond substituents is 2. The van der Waals surface area contributed by atoms with Gasteiger partial charge in [-0.15, -0.1) is 0 Å². The highest BCUT2D eigenvalue weighted by Crippen LogP contribution is 2.35. The first-order valence-electron chi connectivity index (χ1n) is 21.8. The van der Waals surface area contributed by atoms with Crippen molar-refractivity contribution in [2.45, 2.75) is 71.2 Å². The summed E-state index contributed by atoms with van der Waals surface area (Å²) >= 11 is 0. The summed E-state index contributed by atoms with van der Waals surface area (Å²) in [6.07, 6.45) is 6.30. The quantitative estimate of drug-likeness (QED) is 0.224. The van der Waals surface area contributed by atoms with Crippen LogP contribution in [0.3, 0.4) is 0 Å². The molecule has 61 heavy (non-hydrogen) atoms. The monoisotopic (exact) mass is 831 g/mol. The maximum Gasteiger partial charge on any atom is 0.258 e. The highest BCUT2D eigenvalue weighted by atomic mass is 16.5. The number of phenols is 2. The Morgan fingerprint density at radius 1 is 0.820 bits per heavy atom. The van der Waals surface area contributed by atoms with Gasteiger partial charge in [-0.2, -0.15) is 0 Å². The highest BCUT2D eigenvalue weighted by Gasteiger charge is 2.33. The third-order valence-corrected chi connectivity index (χ3v) is 13.1. The Labute approximate surface area is 356 Å². The van der Waals surface area contributed by atoms with Crippen molar-refractivity contribution in [2.24, 2.45) is 0 Å². The van der Waals surface area contributed by atoms with E-state index >= 15 is 0 Å². The molecule has 5 aliphatic heterocycles. The summed E-state index contributed by atoms with van der Waals surface area (Å²) in [5, 5.41) is 20.8. The van der Waals surface area contributed by atoms with Gasteiger partial charge in [-0.05, 0) is 66.6 Å². The number of hydrogen-bond donors (Lipinski definition) is 3. The average molecular weight is 832 g/mol. The van der Waals surface area contributed by atoms with Crippen molar-refractivity contribution in [2.75, 3.05) is 89.3 Å². The van der Waals surface area contributed by atoms with E-state index in [1.54, 1.807) is 23.4 Å². The van der Waals surface area contributed by atoms with Crippen molar-refractivity contribution < 1.29 is 24.5 Å². The summed E-state index contributed by atoms with van der Waals surface area (Å²) in [5.41, 5.74) is 13.0. The number of aromatic nitrogens is 4. The van der Waals surface area contributed by atoms with E-state index in [1.165, 1.54) is 11.6 Å². The smallest absolute Gasteiger partial charge is 0.258 e. The molecule has 0 atom stereocenters. The SMILES string of the molecule is CC(C)c1cc(C(=O)N2Cc3ccc(CN4CCC(N5CCN(C(=O)CN6CCc7c(nc(-c8cnc(N)nc8)nc7N7CCOCC7)C6)CC5)CC4)cc3C2)c(O)cc1O. The summed E-state index contributed by atoms with van der Waals surface area (Å²) in [6.45, 7) is 15.7. The minimum atomic E-state index is -0.229. The number of anilines is 2. The number of morpholine rings is 1. The highest BCUT2D eigenvalue weighted by molar-refractivity contribution is 5.97. The lowest BCUT2D eigenvalue weighted by molar-refractivity contribution is -0.134. The number of carbonyl (C=O) groups excluding carboxylic acids is 2. The first-order valence-corrected chi connectivity index (χ1v) is 21.8. The van der Waals surface area contributed by atoms with E-state index in [4.69, 9.17) is 20.4 Å². The van der Waals surface area contributed by atoms with Crippen LogP contribution >= 0.6 is 0 Å². The number of nitrogen functional groups attached to an aromatic ring is 1. The Hall–Kier alpha value is -5.42. The fourth-order valence-electron chi connectivity index (χ4n) is 9.64. The second-order valence-corrected chi connectivity index (χ2v) is 17.5. The summed E-state index contributed by atoms with van der Waals surface area (Å²) in [7, 11) is 0. The van der Waals surface area contributed by atoms with E-state index in [2.05, 4.69) is 47.8 Å². The summed E-state index contributed by atoms with van der Waals surface area (Å²) in [4.78, 5) is 58.9. The lowest BCUT2D eigenvalue weighted by atomic mass is 9.98. The summed E-state index contributed by atoms with van der Waals surface area (Å²) < 4.78 is 5.62. The summed E-state index contributed by atoms with van der Waals surface area (Å²) in [5.74, 6) is 1.49. The minimum absolute atomic E-state index is 0.00594. The zero-order valence-electron chi connectivity index (χ0n) is 35.3. The van der Waals surface area contributed by atoms with E-state index in [1.807, 2.05) is 18.7 Å². The van der Waals surface area contributed by atoms with Gasteiger partial charge in [0.05, 0.1) is 36.6 Å². The molecule has 0 radical (unpaired) electrons. The van der Waals surface area contributed by atoms with Gasteiger partial charge in [-0.1, -0.05) is 32.0 Å². The van der Waals surface area contributed by atoms with Crippen LogP contribution in [0.25, 0.3) is 11.4 Å². The molecule has 322 valence electrons. The normalized spacial score (nSPS) is 19.4. The van der Waals surface area contributed by atoms with Gasteiger partial charge in [0.15, 0.2) is 5.82 Å². The van der Waals surface area contributed by atoms with Crippen molar-refractivity contribution in [3.8, 4) is 22.9 Å². The Morgan fingerprint density at radius 3 is 2.30 bits per heavy atom. The third kappa shape index (κ3) is 8.85. The molecular formula is C45H57N11O5.